The van der Waals surface area contributed by atoms with E-state index in [4.69, 9.17) is 5.11 Å². The van der Waals surface area contributed by atoms with E-state index in [9.17, 15) is 14.4 Å². The van der Waals surface area contributed by atoms with Gasteiger partial charge in [-0.2, -0.15) is 0 Å². The lowest BCUT2D eigenvalue weighted by Gasteiger charge is -2.06. The minimum Gasteiger partial charge on any atom is -0.481 e. The summed E-state index contributed by atoms with van der Waals surface area (Å²) < 4.78 is 1.67. The molecule has 0 spiro atoms. The Labute approximate surface area is 98.2 Å². The molecule has 0 fully saturated rings. The normalized spacial score (nSPS) is 9.88. The molecule has 0 saturated carbocycles. The second kappa shape index (κ2) is 6.47. The first kappa shape index (κ1) is 13.0. The molecule has 1 aromatic rings. The summed E-state index contributed by atoms with van der Waals surface area (Å²) in [5.74, 6) is -1.17. The first-order valence-corrected chi connectivity index (χ1v) is 5.22. The summed E-state index contributed by atoms with van der Waals surface area (Å²) in [6.45, 7) is 0.528. The highest BCUT2D eigenvalue weighted by Gasteiger charge is 2.04. The number of hydrogen-bond donors (Lipinski definition) is 2. The number of carboxylic acid groups (broad SMARTS) is 1. The largest absolute Gasteiger partial charge is 0.481 e. The number of nitrogens with one attached hydrogen (secondary N) is 1. The van der Waals surface area contributed by atoms with Crippen molar-refractivity contribution >= 4 is 18.2 Å². The smallest absolute Gasteiger partial charge is 0.305 e. The van der Waals surface area contributed by atoms with Crippen LogP contribution in [0.1, 0.15) is 23.3 Å². The lowest BCUT2D eigenvalue weighted by atomic mass is 10.3. The van der Waals surface area contributed by atoms with Crippen LogP contribution in [0.25, 0.3) is 0 Å². The molecule has 0 aromatic carbocycles. The molecular formula is C11H14N2O4. The van der Waals surface area contributed by atoms with E-state index < -0.39 is 5.97 Å². The second-order valence-corrected chi connectivity index (χ2v) is 3.49. The predicted octanol–water partition coefficient (Wildman–Crippen LogP) is 0.282. The van der Waals surface area contributed by atoms with Crippen molar-refractivity contribution in [1.29, 1.82) is 0 Å². The number of rotatable bonds is 7. The molecule has 6 nitrogen and oxygen atoms in total. The van der Waals surface area contributed by atoms with Gasteiger partial charge in [-0.25, -0.2) is 0 Å². The SMILES string of the molecule is O=Cc1cccn1CCC(=O)NCCC(=O)O. The van der Waals surface area contributed by atoms with Crippen LogP contribution in [0, 0.1) is 0 Å². The minimum absolute atomic E-state index is 0.0884. The number of amides is 1. The number of carboxylic acids is 1. The van der Waals surface area contributed by atoms with Crippen LogP contribution < -0.4 is 5.32 Å². The quantitative estimate of drug-likeness (QED) is 0.668. The van der Waals surface area contributed by atoms with Crippen molar-refractivity contribution in [3.63, 3.8) is 0 Å². The minimum atomic E-state index is -0.945. The Kier molecular flexibility index (Phi) is 4.93. The lowest BCUT2D eigenvalue weighted by molar-refractivity contribution is -0.136. The summed E-state index contributed by atoms with van der Waals surface area (Å²) in [5.41, 5.74) is 0.517. The van der Waals surface area contributed by atoms with Gasteiger partial charge in [-0.15, -0.1) is 0 Å². The fraction of sp³-hybridized carbons (Fsp3) is 0.364. The average Bonchev–Trinajstić information content (AvgIpc) is 2.73. The molecule has 0 atom stereocenters. The van der Waals surface area contributed by atoms with E-state index in [-0.39, 0.29) is 25.3 Å². The fourth-order valence-corrected chi connectivity index (χ4v) is 1.36. The van der Waals surface area contributed by atoms with Crippen LogP contribution >= 0.6 is 0 Å². The average molecular weight is 238 g/mol. The summed E-state index contributed by atoms with van der Waals surface area (Å²) in [6.07, 6.45) is 2.57. The van der Waals surface area contributed by atoms with Crippen molar-refractivity contribution in [2.75, 3.05) is 6.54 Å². The summed E-state index contributed by atoms with van der Waals surface area (Å²) in [6, 6.07) is 3.39. The molecule has 0 unspecified atom stereocenters. The van der Waals surface area contributed by atoms with Crippen molar-refractivity contribution in [2.24, 2.45) is 0 Å². The Balaban J connectivity index is 2.28. The highest BCUT2D eigenvalue weighted by atomic mass is 16.4. The molecule has 1 aromatic heterocycles. The van der Waals surface area contributed by atoms with Crippen LogP contribution in [-0.2, 0) is 16.1 Å². The number of carbonyl (C=O) groups excluding carboxylic acids is 2. The van der Waals surface area contributed by atoms with Crippen molar-refractivity contribution in [2.45, 2.75) is 19.4 Å². The molecule has 6 heteroatoms. The number of hydrogen-bond acceptors (Lipinski definition) is 3. The summed E-state index contributed by atoms with van der Waals surface area (Å²) >= 11 is 0. The van der Waals surface area contributed by atoms with Crippen LogP contribution in [0.4, 0.5) is 0 Å². The summed E-state index contributed by atoms with van der Waals surface area (Å²) in [7, 11) is 0. The zero-order valence-electron chi connectivity index (χ0n) is 9.26. The van der Waals surface area contributed by atoms with Gasteiger partial charge in [-0.1, -0.05) is 0 Å². The van der Waals surface area contributed by atoms with Crippen molar-refractivity contribution in [3.8, 4) is 0 Å². The van der Waals surface area contributed by atoms with Gasteiger partial charge < -0.3 is 15.0 Å². The van der Waals surface area contributed by atoms with Gasteiger partial charge in [0.25, 0.3) is 0 Å². The van der Waals surface area contributed by atoms with E-state index in [1.807, 2.05) is 0 Å². The van der Waals surface area contributed by atoms with E-state index in [0.717, 1.165) is 6.29 Å². The van der Waals surface area contributed by atoms with Gasteiger partial charge >= 0.3 is 5.97 Å². The molecule has 0 aliphatic carbocycles. The van der Waals surface area contributed by atoms with Gasteiger partial charge in [0.1, 0.15) is 0 Å². The third-order valence-electron chi connectivity index (χ3n) is 2.23. The third-order valence-corrected chi connectivity index (χ3v) is 2.23. The van der Waals surface area contributed by atoms with Gasteiger partial charge in [-0.3, -0.25) is 14.4 Å². The predicted molar refractivity (Wildman–Crippen MR) is 59.7 cm³/mol. The number of carbonyl (C=O) groups is 3. The standard InChI is InChI=1S/C11H14N2O4/c14-8-9-2-1-6-13(9)7-4-10(15)12-5-3-11(16)17/h1-2,6,8H,3-5,7H2,(H,12,15)(H,16,17). The Hall–Kier alpha value is -2.11. The lowest BCUT2D eigenvalue weighted by Crippen LogP contribution is -2.26. The highest BCUT2D eigenvalue weighted by molar-refractivity contribution is 5.77. The first-order valence-electron chi connectivity index (χ1n) is 5.22. The van der Waals surface area contributed by atoms with E-state index in [0.29, 0.717) is 12.2 Å². The van der Waals surface area contributed by atoms with Crippen molar-refractivity contribution < 1.29 is 19.5 Å². The maximum absolute atomic E-state index is 11.3. The maximum atomic E-state index is 11.3. The molecule has 17 heavy (non-hydrogen) atoms. The number of aliphatic carboxylic acids is 1. The van der Waals surface area contributed by atoms with Crippen LogP contribution in [0.5, 0.6) is 0 Å². The summed E-state index contributed by atoms with van der Waals surface area (Å²) in [5, 5.41) is 10.9. The van der Waals surface area contributed by atoms with E-state index in [2.05, 4.69) is 5.32 Å². The van der Waals surface area contributed by atoms with Crippen LogP contribution in [0.3, 0.4) is 0 Å². The molecule has 0 aliphatic rings. The number of nitrogens with zero attached hydrogens (tertiary/aromatic N) is 1. The number of aromatic nitrogens is 1. The zero-order chi connectivity index (χ0) is 12.7. The Morgan fingerprint density at radius 1 is 1.41 bits per heavy atom. The van der Waals surface area contributed by atoms with Gasteiger partial charge in [0, 0.05) is 25.7 Å². The molecule has 1 heterocycles. The van der Waals surface area contributed by atoms with Crippen molar-refractivity contribution in [1.82, 2.24) is 9.88 Å². The number of aldehydes is 1. The van der Waals surface area contributed by atoms with E-state index >= 15 is 0 Å². The molecular weight excluding hydrogens is 224 g/mol. The molecule has 0 aliphatic heterocycles. The first-order chi connectivity index (χ1) is 8.13. The Bertz CT molecular complexity index is 411. The molecule has 92 valence electrons. The molecule has 2 N–H and O–H groups in total. The fourth-order valence-electron chi connectivity index (χ4n) is 1.36. The molecule has 1 amide bonds. The van der Waals surface area contributed by atoms with E-state index in [1.54, 1.807) is 22.9 Å². The van der Waals surface area contributed by atoms with Crippen LogP contribution in [0.2, 0.25) is 0 Å². The Morgan fingerprint density at radius 3 is 2.82 bits per heavy atom. The second-order valence-electron chi connectivity index (χ2n) is 3.49. The van der Waals surface area contributed by atoms with Crippen molar-refractivity contribution in [3.05, 3.63) is 24.0 Å². The molecule has 0 radical (unpaired) electrons. The van der Waals surface area contributed by atoms with Gasteiger partial charge in [0.05, 0.1) is 12.1 Å². The molecule has 1 rings (SSSR count). The topological polar surface area (TPSA) is 88.4 Å². The van der Waals surface area contributed by atoms with E-state index in [1.165, 1.54) is 0 Å². The number of aryl methyl sites for hydroxylation is 1. The third kappa shape index (κ3) is 4.50. The van der Waals surface area contributed by atoms with Gasteiger partial charge in [0.2, 0.25) is 5.91 Å². The van der Waals surface area contributed by atoms with Crippen LogP contribution in [0.15, 0.2) is 18.3 Å². The molecule has 0 saturated heterocycles. The maximum Gasteiger partial charge on any atom is 0.305 e. The highest BCUT2D eigenvalue weighted by Crippen LogP contribution is 2.00. The monoisotopic (exact) mass is 238 g/mol. The molecule has 0 bridgehead atoms. The summed E-state index contributed by atoms with van der Waals surface area (Å²) in [4.78, 5) is 32.1. The Morgan fingerprint density at radius 2 is 2.18 bits per heavy atom. The van der Waals surface area contributed by atoms with Gasteiger partial charge in [-0.05, 0) is 12.1 Å². The van der Waals surface area contributed by atoms with Gasteiger partial charge in [0.15, 0.2) is 6.29 Å². The zero-order valence-corrected chi connectivity index (χ0v) is 9.26. The van der Waals surface area contributed by atoms with Crippen LogP contribution in [-0.4, -0.2) is 34.4 Å².